The van der Waals surface area contributed by atoms with Gasteiger partial charge in [0.15, 0.2) is 0 Å². The molecule has 3 heteroatoms. The summed E-state index contributed by atoms with van der Waals surface area (Å²) in [5.41, 5.74) is 2.68. The second-order valence-corrected chi connectivity index (χ2v) is 9.66. The fourth-order valence-corrected chi connectivity index (χ4v) is 6.04. The first-order chi connectivity index (χ1) is 13.1. The van der Waals surface area contributed by atoms with Crippen LogP contribution in [0.3, 0.4) is 0 Å². The molecule has 0 spiro atoms. The summed E-state index contributed by atoms with van der Waals surface area (Å²) in [6, 6.07) is 8.94. The van der Waals surface area contributed by atoms with Gasteiger partial charge >= 0.3 is 0 Å². The molecule has 1 aromatic carbocycles. The van der Waals surface area contributed by atoms with E-state index in [1.165, 1.54) is 56.9 Å². The van der Waals surface area contributed by atoms with Crippen molar-refractivity contribution in [3.05, 3.63) is 42.3 Å². The van der Waals surface area contributed by atoms with Gasteiger partial charge in [-0.3, -0.25) is 0 Å². The maximum atomic E-state index is 11.0. The Morgan fingerprint density at radius 3 is 2.43 bits per heavy atom. The predicted octanol–water partition coefficient (Wildman–Crippen LogP) is 7.57. The van der Waals surface area contributed by atoms with Crippen molar-refractivity contribution in [2.45, 2.75) is 101 Å². The van der Waals surface area contributed by atoms with Crippen LogP contribution in [0.15, 0.2) is 24.3 Å². The van der Waals surface area contributed by atoms with Crippen molar-refractivity contribution in [1.29, 1.82) is 0 Å². The summed E-state index contributed by atoms with van der Waals surface area (Å²) in [7, 11) is 0. The van der Waals surface area contributed by atoms with E-state index in [-0.39, 0.29) is 44.2 Å². The third-order valence-corrected chi connectivity index (χ3v) is 7.92. The van der Waals surface area contributed by atoms with E-state index >= 15 is 0 Å². The van der Waals surface area contributed by atoms with Crippen LogP contribution in [-0.2, 0) is 32.7 Å². The van der Waals surface area contributed by atoms with Crippen molar-refractivity contribution in [2.75, 3.05) is 0 Å². The fourth-order valence-electron chi connectivity index (χ4n) is 5.62. The zero-order valence-corrected chi connectivity index (χ0v) is 21.3. The summed E-state index contributed by atoms with van der Waals surface area (Å²) in [6.45, 7) is 6.18. The van der Waals surface area contributed by atoms with Crippen molar-refractivity contribution in [3.63, 3.8) is 0 Å². The molecule has 2 saturated carbocycles. The summed E-state index contributed by atoms with van der Waals surface area (Å²) in [6.07, 6.45) is 14.0. The molecule has 0 bridgehead atoms. The molecule has 4 atom stereocenters. The van der Waals surface area contributed by atoms with Gasteiger partial charge in [-0.05, 0) is 61.5 Å². The van der Waals surface area contributed by atoms with Crippen LogP contribution >= 0.6 is 11.6 Å². The van der Waals surface area contributed by atoms with E-state index in [9.17, 15) is 5.11 Å². The topological polar surface area (TPSA) is 20.2 Å². The molecule has 0 amide bonds. The molecule has 0 aromatic heterocycles. The van der Waals surface area contributed by atoms with Crippen molar-refractivity contribution < 1.29 is 37.8 Å². The third-order valence-electron chi connectivity index (χ3n) is 7.38. The number of hydrogen-bond donors (Lipinski definition) is 1. The van der Waals surface area contributed by atoms with Crippen LogP contribution in [0.4, 0.5) is 0 Å². The molecule has 2 aliphatic carbocycles. The monoisotopic (exact) mass is 478 g/mol. The minimum Gasteiger partial charge on any atom is -0.388 e. The van der Waals surface area contributed by atoms with Crippen molar-refractivity contribution in [2.24, 2.45) is 11.3 Å². The van der Waals surface area contributed by atoms with E-state index in [2.05, 4.69) is 38.1 Å². The van der Waals surface area contributed by atoms with Crippen LogP contribution in [0.2, 0.25) is 0 Å². The molecule has 2 fully saturated rings. The minimum absolute atomic E-state index is 0. The zero-order chi connectivity index (χ0) is 19.3. The second kappa shape index (κ2) is 11.8. The maximum Gasteiger partial charge on any atom is 0.0846 e. The molecule has 155 valence electrons. The molecule has 1 radical (unpaired) electrons. The molecule has 0 aliphatic heterocycles. The Bertz CT molecular complexity index is 568. The van der Waals surface area contributed by atoms with E-state index in [4.69, 9.17) is 11.6 Å². The maximum absolute atomic E-state index is 11.0. The van der Waals surface area contributed by atoms with Gasteiger partial charge < -0.3 is 12.0 Å². The number of unbranched alkanes of at least 4 members (excludes halogenated alkanes) is 3. The van der Waals surface area contributed by atoms with Gasteiger partial charge in [0.1, 0.15) is 0 Å². The molecule has 4 unspecified atom stereocenters. The average Bonchev–Trinajstić information content (AvgIpc) is 3.02. The van der Waals surface area contributed by atoms with Crippen LogP contribution < -0.4 is 0 Å². The number of aliphatic hydroxyl groups is 1. The molecule has 2 aliphatic rings. The molecule has 1 nitrogen and oxygen atoms in total. The van der Waals surface area contributed by atoms with E-state index in [1.807, 2.05) is 0 Å². The molecule has 0 heterocycles. The Labute approximate surface area is 203 Å². The SMILES string of the molecule is [CH2-]CCCCCC1C(Cl)CCC1c1ccc(C(O)C2(CCC)CCC2)cc1.[Y]. The number of benzene rings is 1. The molecular weight excluding hydrogens is 441 g/mol. The first kappa shape index (κ1) is 24.8. The third kappa shape index (κ3) is 5.63. The first-order valence-corrected chi connectivity index (χ1v) is 11.8. The number of aliphatic hydroxyl groups excluding tert-OH is 1. The van der Waals surface area contributed by atoms with Crippen LogP contribution in [0, 0.1) is 18.3 Å². The van der Waals surface area contributed by atoms with Gasteiger partial charge in [0, 0.05) is 43.5 Å². The van der Waals surface area contributed by atoms with Gasteiger partial charge in [-0.2, -0.15) is 6.42 Å². The van der Waals surface area contributed by atoms with Crippen LogP contribution in [0.1, 0.15) is 107 Å². The number of halogens is 1. The standard InChI is InChI=1S/C25H38ClO.Y/c1-3-5-6-7-9-22-21(14-15-23(22)26)19-10-12-20(13-11-19)24(27)25(16-4-2)17-8-18-25;/h10-13,21-24,27H,1,3-9,14-18H2,2H3;/q-1;. The number of rotatable bonds is 10. The quantitative estimate of drug-likeness (QED) is 0.209. The van der Waals surface area contributed by atoms with Gasteiger partial charge in [-0.25, -0.2) is 0 Å². The largest absolute Gasteiger partial charge is 0.388 e. The van der Waals surface area contributed by atoms with Crippen LogP contribution in [-0.4, -0.2) is 10.5 Å². The van der Waals surface area contributed by atoms with Gasteiger partial charge in [0.05, 0.1) is 6.10 Å². The Morgan fingerprint density at radius 2 is 1.86 bits per heavy atom. The Hall–Kier alpha value is 0.574. The molecule has 0 saturated heterocycles. The molecule has 1 aromatic rings. The van der Waals surface area contributed by atoms with E-state index in [1.54, 1.807) is 0 Å². The van der Waals surface area contributed by atoms with E-state index in [0.717, 1.165) is 31.2 Å². The summed E-state index contributed by atoms with van der Waals surface area (Å²) < 4.78 is 0. The summed E-state index contributed by atoms with van der Waals surface area (Å²) in [5, 5.41) is 11.3. The normalized spacial score (nSPS) is 27.1. The molecule has 28 heavy (non-hydrogen) atoms. The summed E-state index contributed by atoms with van der Waals surface area (Å²) in [5.74, 6) is 1.19. The molecule has 3 rings (SSSR count). The summed E-state index contributed by atoms with van der Waals surface area (Å²) >= 11 is 6.69. The fraction of sp³-hybridized carbons (Fsp3) is 0.720. The van der Waals surface area contributed by atoms with Crippen molar-refractivity contribution in [3.8, 4) is 0 Å². The average molecular weight is 479 g/mol. The zero-order valence-electron chi connectivity index (χ0n) is 17.7. The first-order valence-electron chi connectivity index (χ1n) is 11.3. The van der Waals surface area contributed by atoms with Gasteiger partial charge in [0.25, 0.3) is 0 Å². The van der Waals surface area contributed by atoms with Gasteiger partial charge in [-0.1, -0.05) is 63.3 Å². The second-order valence-electron chi connectivity index (χ2n) is 9.10. The van der Waals surface area contributed by atoms with Crippen molar-refractivity contribution in [1.82, 2.24) is 0 Å². The summed E-state index contributed by atoms with van der Waals surface area (Å²) in [4.78, 5) is 0. The predicted molar refractivity (Wildman–Crippen MR) is 116 cm³/mol. The molecule has 1 N–H and O–H groups in total. The van der Waals surface area contributed by atoms with Gasteiger partial charge in [-0.15, -0.1) is 11.6 Å². The Kier molecular flexibility index (Phi) is 10.5. The van der Waals surface area contributed by atoms with E-state index in [0.29, 0.717) is 17.2 Å². The smallest absolute Gasteiger partial charge is 0.0846 e. The number of hydrogen-bond acceptors (Lipinski definition) is 1. The van der Waals surface area contributed by atoms with Gasteiger partial charge in [0.2, 0.25) is 0 Å². The van der Waals surface area contributed by atoms with Crippen LogP contribution in [0.25, 0.3) is 0 Å². The van der Waals surface area contributed by atoms with Crippen LogP contribution in [0.5, 0.6) is 0 Å². The van der Waals surface area contributed by atoms with E-state index < -0.39 is 0 Å². The molecular formula is C25H38ClOY-. The Morgan fingerprint density at radius 1 is 1.14 bits per heavy atom. The Balaban J connectivity index is 0.00000280. The number of alkyl halides is 1. The van der Waals surface area contributed by atoms with Crippen molar-refractivity contribution >= 4 is 11.6 Å². The minimum atomic E-state index is -0.303.